The Labute approximate surface area is 232 Å². The normalized spacial score (nSPS) is 14.4. The Bertz CT molecular complexity index is 1520. The maximum atomic E-state index is 13.3. The molecule has 0 aliphatic carbocycles. The van der Waals surface area contributed by atoms with Gasteiger partial charge in [0.25, 0.3) is 17.5 Å². The number of benzene rings is 3. The number of amides is 4. The molecule has 3 aromatic rings. The van der Waals surface area contributed by atoms with Crippen LogP contribution in [0.1, 0.15) is 29.2 Å². The van der Waals surface area contributed by atoms with Crippen molar-refractivity contribution in [3.8, 4) is 11.5 Å². The average molecular weight is 594 g/mol. The lowest BCUT2D eigenvalue weighted by molar-refractivity contribution is -0.384. The van der Waals surface area contributed by atoms with Gasteiger partial charge in [0.05, 0.1) is 21.7 Å². The van der Waals surface area contributed by atoms with Crippen molar-refractivity contribution in [1.82, 2.24) is 5.32 Å². The maximum absolute atomic E-state index is 13.3. The number of aryl methyl sites for hydroxylation is 2. The van der Waals surface area contributed by atoms with E-state index in [1.54, 1.807) is 49.4 Å². The number of hydrogen-bond donors (Lipinski definition) is 1. The minimum atomic E-state index is -0.823. The number of carbonyl (C=O) groups is 3. The summed E-state index contributed by atoms with van der Waals surface area (Å²) in [6.07, 6.45) is 1.38. The van der Waals surface area contributed by atoms with Gasteiger partial charge in [0.15, 0.2) is 11.5 Å². The fraction of sp³-hybridized carbons (Fsp3) is 0.179. The number of hydrogen-bond acceptors (Lipinski definition) is 7. The van der Waals surface area contributed by atoms with Gasteiger partial charge in [0, 0.05) is 12.1 Å². The fourth-order valence-electron chi connectivity index (χ4n) is 3.87. The minimum Gasteiger partial charge on any atom is -0.490 e. The van der Waals surface area contributed by atoms with Crippen molar-refractivity contribution in [2.24, 2.45) is 0 Å². The van der Waals surface area contributed by atoms with Gasteiger partial charge in [-0.2, -0.15) is 0 Å². The Morgan fingerprint density at radius 1 is 1.00 bits per heavy atom. The molecule has 0 radical (unpaired) electrons. The monoisotopic (exact) mass is 593 g/mol. The van der Waals surface area contributed by atoms with Crippen LogP contribution in [0, 0.1) is 24.0 Å². The Hall–Kier alpha value is -4.51. The molecule has 1 N–H and O–H groups in total. The van der Waals surface area contributed by atoms with E-state index < -0.39 is 22.8 Å². The maximum Gasteiger partial charge on any atom is 0.335 e. The highest BCUT2D eigenvalue weighted by molar-refractivity contribution is 9.10. The summed E-state index contributed by atoms with van der Waals surface area (Å²) < 4.78 is 12.2. The van der Waals surface area contributed by atoms with Crippen LogP contribution in [-0.2, 0) is 16.2 Å². The standard InChI is InChI=1S/C28H24BrN3O7/c1-4-38-24-14-19(13-23(29)25(24)39-15-18-6-9-20(10-7-18)32(36)37)12-22-26(33)30-28(35)31(27(22)34)21-8-5-16(2)17(3)11-21/h5-14H,4,15H2,1-3H3,(H,30,33,35)/b22-12+. The molecule has 0 aromatic heterocycles. The first kappa shape index (κ1) is 27.5. The van der Waals surface area contributed by atoms with Gasteiger partial charge in [0.2, 0.25) is 0 Å². The summed E-state index contributed by atoms with van der Waals surface area (Å²) >= 11 is 3.47. The van der Waals surface area contributed by atoms with Crippen LogP contribution in [0.4, 0.5) is 16.2 Å². The number of non-ortho nitro benzene ring substituents is 1. The Morgan fingerprint density at radius 3 is 2.36 bits per heavy atom. The highest BCUT2D eigenvalue weighted by atomic mass is 79.9. The predicted molar refractivity (Wildman–Crippen MR) is 148 cm³/mol. The number of barbiturate groups is 1. The van der Waals surface area contributed by atoms with Gasteiger partial charge in [-0.05, 0) is 101 Å². The Balaban J connectivity index is 1.63. The quantitative estimate of drug-likeness (QED) is 0.155. The Morgan fingerprint density at radius 2 is 1.72 bits per heavy atom. The van der Waals surface area contributed by atoms with Crippen LogP contribution in [0.2, 0.25) is 0 Å². The van der Waals surface area contributed by atoms with Crippen LogP contribution in [-0.4, -0.2) is 29.4 Å². The lowest BCUT2D eigenvalue weighted by Gasteiger charge is -2.27. The van der Waals surface area contributed by atoms with E-state index in [4.69, 9.17) is 9.47 Å². The third-order valence-corrected chi connectivity index (χ3v) is 6.61. The van der Waals surface area contributed by atoms with E-state index in [1.807, 2.05) is 13.8 Å². The summed E-state index contributed by atoms with van der Waals surface area (Å²) in [6, 6.07) is 13.6. The third kappa shape index (κ3) is 5.99. The summed E-state index contributed by atoms with van der Waals surface area (Å²) in [5.74, 6) is -0.827. The largest absolute Gasteiger partial charge is 0.490 e. The van der Waals surface area contributed by atoms with Crippen LogP contribution in [0.15, 0.2) is 64.6 Å². The van der Waals surface area contributed by atoms with Crippen molar-refractivity contribution < 1.29 is 28.8 Å². The van der Waals surface area contributed by atoms with Crippen molar-refractivity contribution in [1.29, 1.82) is 0 Å². The summed E-state index contributed by atoms with van der Waals surface area (Å²) in [5, 5.41) is 13.1. The summed E-state index contributed by atoms with van der Waals surface area (Å²) in [5.41, 5.74) is 3.17. The van der Waals surface area contributed by atoms with E-state index >= 15 is 0 Å². The number of ether oxygens (including phenoxy) is 2. The lowest BCUT2D eigenvalue weighted by atomic mass is 10.0. The second-order valence-corrected chi connectivity index (χ2v) is 9.56. The number of urea groups is 1. The van der Waals surface area contributed by atoms with Gasteiger partial charge in [-0.3, -0.25) is 25.0 Å². The van der Waals surface area contributed by atoms with E-state index in [2.05, 4.69) is 21.2 Å². The molecule has 3 aromatic carbocycles. The molecule has 0 unspecified atom stereocenters. The molecule has 0 atom stereocenters. The topological polar surface area (TPSA) is 128 Å². The SMILES string of the molecule is CCOc1cc(/C=C2\C(=O)NC(=O)N(c3ccc(C)c(C)c3)C2=O)cc(Br)c1OCc1ccc([N+](=O)[O-])cc1. The number of carbonyl (C=O) groups excluding carboxylic acids is 3. The molecule has 39 heavy (non-hydrogen) atoms. The van der Waals surface area contributed by atoms with Crippen molar-refractivity contribution in [2.75, 3.05) is 11.5 Å². The number of nitro groups is 1. The molecule has 1 aliphatic rings. The second kappa shape index (κ2) is 11.5. The number of anilines is 1. The van der Waals surface area contributed by atoms with Crippen molar-refractivity contribution >= 4 is 51.2 Å². The van der Waals surface area contributed by atoms with E-state index in [9.17, 15) is 24.5 Å². The smallest absolute Gasteiger partial charge is 0.335 e. The highest BCUT2D eigenvalue weighted by Crippen LogP contribution is 2.38. The van der Waals surface area contributed by atoms with Gasteiger partial charge in [-0.1, -0.05) is 6.07 Å². The van der Waals surface area contributed by atoms with E-state index in [1.165, 1.54) is 18.2 Å². The summed E-state index contributed by atoms with van der Waals surface area (Å²) in [4.78, 5) is 49.8. The fourth-order valence-corrected chi connectivity index (χ4v) is 4.44. The molecule has 200 valence electrons. The van der Waals surface area contributed by atoms with Crippen molar-refractivity contribution in [2.45, 2.75) is 27.4 Å². The number of nitrogens with zero attached hydrogens (tertiary/aromatic N) is 2. The molecule has 11 heteroatoms. The molecule has 10 nitrogen and oxygen atoms in total. The Kier molecular flexibility index (Phi) is 8.10. The summed E-state index contributed by atoms with van der Waals surface area (Å²) in [7, 11) is 0. The predicted octanol–water partition coefficient (Wildman–Crippen LogP) is 5.62. The van der Waals surface area contributed by atoms with Crippen molar-refractivity contribution in [3.05, 3.63) is 97.0 Å². The molecule has 1 saturated heterocycles. The van der Waals surface area contributed by atoms with Gasteiger partial charge in [-0.15, -0.1) is 0 Å². The summed E-state index contributed by atoms with van der Waals surface area (Å²) in [6.45, 7) is 6.01. The number of halogens is 1. The van der Waals surface area contributed by atoms with Crippen molar-refractivity contribution in [3.63, 3.8) is 0 Å². The minimum absolute atomic E-state index is 0.0219. The average Bonchev–Trinajstić information content (AvgIpc) is 2.88. The highest BCUT2D eigenvalue weighted by Gasteiger charge is 2.37. The molecule has 4 amide bonds. The number of imide groups is 2. The van der Waals surface area contributed by atoms with Crippen LogP contribution >= 0.6 is 15.9 Å². The molecule has 1 heterocycles. The zero-order chi connectivity index (χ0) is 28.3. The van der Waals surface area contributed by atoms with Crippen LogP contribution < -0.4 is 19.7 Å². The number of nitrogens with one attached hydrogen (secondary N) is 1. The number of rotatable bonds is 8. The molecular weight excluding hydrogens is 570 g/mol. The van der Waals surface area contributed by atoms with Gasteiger partial charge in [-0.25, -0.2) is 9.69 Å². The van der Waals surface area contributed by atoms with Gasteiger partial charge < -0.3 is 9.47 Å². The first-order chi connectivity index (χ1) is 18.6. The molecule has 0 bridgehead atoms. The van der Waals surface area contributed by atoms with E-state index in [0.29, 0.717) is 39.4 Å². The zero-order valence-electron chi connectivity index (χ0n) is 21.3. The number of nitro benzene ring substituents is 1. The van der Waals surface area contributed by atoms with Crippen LogP contribution in [0.25, 0.3) is 6.08 Å². The molecular formula is C28H24BrN3O7. The molecule has 4 rings (SSSR count). The molecule has 0 saturated carbocycles. The molecule has 0 spiro atoms. The first-order valence-corrected chi connectivity index (χ1v) is 12.7. The van der Waals surface area contributed by atoms with Gasteiger partial charge >= 0.3 is 6.03 Å². The molecule has 1 aliphatic heterocycles. The van der Waals surface area contributed by atoms with E-state index in [-0.39, 0.29) is 17.9 Å². The van der Waals surface area contributed by atoms with Crippen LogP contribution in [0.5, 0.6) is 11.5 Å². The second-order valence-electron chi connectivity index (χ2n) is 8.70. The van der Waals surface area contributed by atoms with Crippen LogP contribution in [0.3, 0.4) is 0 Å². The van der Waals surface area contributed by atoms with E-state index in [0.717, 1.165) is 16.0 Å². The zero-order valence-corrected chi connectivity index (χ0v) is 22.9. The van der Waals surface area contributed by atoms with Gasteiger partial charge in [0.1, 0.15) is 12.2 Å². The lowest BCUT2D eigenvalue weighted by Crippen LogP contribution is -2.54. The first-order valence-electron chi connectivity index (χ1n) is 11.9. The molecule has 1 fully saturated rings. The third-order valence-electron chi connectivity index (χ3n) is 6.02.